The maximum Gasteiger partial charge on any atom is 0.417 e. The van der Waals surface area contributed by atoms with Gasteiger partial charge in [0.05, 0.1) is 11.3 Å². The number of pyridine rings is 1. The van der Waals surface area contributed by atoms with Gasteiger partial charge in [-0.05, 0) is 44.6 Å². The number of alkyl halides is 3. The third kappa shape index (κ3) is 3.26. The number of aromatic nitrogens is 1. The van der Waals surface area contributed by atoms with Crippen molar-refractivity contribution in [2.75, 3.05) is 5.73 Å². The van der Waals surface area contributed by atoms with Gasteiger partial charge in [0.25, 0.3) is 5.91 Å². The molecule has 2 aromatic rings. The van der Waals surface area contributed by atoms with Crippen molar-refractivity contribution in [1.29, 1.82) is 0 Å². The Labute approximate surface area is 154 Å². The number of thiophene rings is 1. The number of anilines is 1. The lowest BCUT2D eigenvalue weighted by molar-refractivity contribution is -0.137. The maximum atomic E-state index is 14.0. The van der Waals surface area contributed by atoms with Crippen LogP contribution >= 0.6 is 11.3 Å². The van der Waals surface area contributed by atoms with Crippen LogP contribution in [0.3, 0.4) is 0 Å². The molecule has 0 fully saturated rings. The molecule has 0 aliphatic heterocycles. The molecule has 0 saturated heterocycles. The van der Waals surface area contributed by atoms with Crippen molar-refractivity contribution in [1.82, 2.24) is 10.3 Å². The van der Waals surface area contributed by atoms with Crippen molar-refractivity contribution >= 4 is 33.1 Å². The Balaban J connectivity index is 2.26. The van der Waals surface area contributed by atoms with Crippen LogP contribution in [0.5, 0.6) is 0 Å². The molecule has 2 aromatic heterocycles. The molecule has 142 valence electrons. The minimum Gasteiger partial charge on any atom is -0.397 e. The second kappa shape index (κ2) is 6.72. The van der Waals surface area contributed by atoms with Crippen molar-refractivity contribution in [2.45, 2.75) is 58.7 Å². The van der Waals surface area contributed by atoms with Crippen LogP contribution in [0.1, 0.15) is 60.1 Å². The molecule has 0 spiro atoms. The van der Waals surface area contributed by atoms with Gasteiger partial charge in [0.2, 0.25) is 0 Å². The van der Waals surface area contributed by atoms with Crippen LogP contribution in [0, 0.1) is 5.92 Å². The summed E-state index contributed by atoms with van der Waals surface area (Å²) in [6, 6.07) is -0.138. The van der Waals surface area contributed by atoms with Crippen LogP contribution in [0.4, 0.5) is 18.9 Å². The fraction of sp³-hybridized carbons (Fsp3) is 0.556. The molecule has 0 saturated carbocycles. The van der Waals surface area contributed by atoms with Gasteiger partial charge in [0.15, 0.2) is 0 Å². The summed E-state index contributed by atoms with van der Waals surface area (Å²) < 4.78 is 41.9. The summed E-state index contributed by atoms with van der Waals surface area (Å²) in [6.07, 6.45) is -2.00. The molecule has 26 heavy (non-hydrogen) atoms. The number of nitrogens with two attached hydrogens (primary N) is 1. The molecule has 1 atom stereocenters. The summed E-state index contributed by atoms with van der Waals surface area (Å²) in [5, 5.41) is 2.57. The predicted molar refractivity (Wildman–Crippen MR) is 97.4 cm³/mol. The Hall–Kier alpha value is -1.83. The van der Waals surface area contributed by atoms with Gasteiger partial charge in [0, 0.05) is 17.1 Å². The fourth-order valence-electron chi connectivity index (χ4n) is 3.55. The van der Waals surface area contributed by atoms with Gasteiger partial charge >= 0.3 is 6.18 Å². The summed E-state index contributed by atoms with van der Waals surface area (Å²) in [5.74, 6) is -0.246. The van der Waals surface area contributed by atoms with Gasteiger partial charge in [-0.15, -0.1) is 11.3 Å². The lowest BCUT2D eigenvalue weighted by atomic mass is 9.82. The Kier molecular flexibility index (Phi) is 4.90. The monoisotopic (exact) mass is 385 g/mol. The van der Waals surface area contributed by atoms with Gasteiger partial charge in [-0.3, -0.25) is 4.79 Å². The van der Waals surface area contributed by atoms with E-state index in [4.69, 9.17) is 5.73 Å². The Bertz CT molecular complexity index is 858. The summed E-state index contributed by atoms with van der Waals surface area (Å²) in [4.78, 5) is 17.1. The Morgan fingerprint density at radius 1 is 1.42 bits per heavy atom. The molecule has 8 heteroatoms. The fourth-order valence-corrected chi connectivity index (χ4v) is 4.58. The van der Waals surface area contributed by atoms with Crippen molar-refractivity contribution in [2.24, 2.45) is 5.92 Å². The SMILES string of the molecule is CC[C@@H]1CCc2nc3sc(C(=O)NC(C)C)c(N)c3c(C(F)(F)F)c2C1. The highest BCUT2D eigenvalue weighted by molar-refractivity contribution is 7.21. The standard InChI is InChI=1S/C18H22F3N3OS/c1-4-9-5-6-11-10(7-9)13(18(19,20)21)12-14(22)15(26-17(12)24-11)16(25)23-8(2)3/h8-9H,4-7,22H2,1-3H3,(H,23,25)/t9-/m1/s1. The van der Waals surface area contributed by atoms with Crippen LogP contribution in [-0.2, 0) is 19.0 Å². The second-order valence-electron chi connectivity index (χ2n) is 7.08. The first-order chi connectivity index (χ1) is 12.1. The number of nitrogens with zero attached hydrogens (tertiary/aromatic N) is 1. The van der Waals surface area contributed by atoms with E-state index >= 15 is 0 Å². The highest BCUT2D eigenvalue weighted by atomic mass is 32.1. The number of amides is 1. The number of rotatable bonds is 3. The molecule has 0 unspecified atom stereocenters. The number of hydrogen-bond donors (Lipinski definition) is 2. The van der Waals surface area contributed by atoms with E-state index in [9.17, 15) is 18.0 Å². The molecule has 2 heterocycles. The molecule has 0 aromatic carbocycles. The smallest absolute Gasteiger partial charge is 0.397 e. The third-order valence-electron chi connectivity index (χ3n) is 4.83. The number of carbonyl (C=O) groups excluding carboxylic acids is 1. The molecular formula is C18H22F3N3OS. The van der Waals surface area contributed by atoms with E-state index in [1.165, 1.54) is 0 Å². The first-order valence-corrected chi connectivity index (χ1v) is 9.56. The van der Waals surface area contributed by atoms with E-state index in [-0.39, 0.29) is 38.3 Å². The van der Waals surface area contributed by atoms with E-state index in [0.717, 1.165) is 24.2 Å². The van der Waals surface area contributed by atoms with Crippen LogP contribution in [0.15, 0.2) is 0 Å². The number of aryl methyl sites for hydroxylation is 1. The van der Waals surface area contributed by atoms with Gasteiger partial charge < -0.3 is 11.1 Å². The first-order valence-electron chi connectivity index (χ1n) is 8.75. The second-order valence-corrected chi connectivity index (χ2v) is 8.08. The lowest BCUT2D eigenvalue weighted by Crippen LogP contribution is -2.29. The minimum absolute atomic E-state index is 0.0982. The van der Waals surface area contributed by atoms with Crippen LogP contribution in [0.2, 0.25) is 0 Å². The first kappa shape index (κ1) is 18.9. The average molecular weight is 385 g/mol. The predicted octanol–water partition coefficient (Wildman–Crippen LogP) is 4.55. The molecule has 4 nitrogen and oxygen atoms in total. The molecule has 1 aliphatic carbocycles. The molecule has 0 radical (unpaired) electrons. The quantitative estimate of drug-likeness (QED) is 0.814. The Morgan fingerprint density at radius 3 is 2.69 bits per heavy atom. The topological polar surface area (TPSA) is 68.0 Å². The van der Waals surface area contributed by atoms with E-state index in [0.29, 0.717) is 18.5 Å². The van der Waals surface area contributed by atoms with E-state index in [1.807, 2.05) is 6.92 Å². The van der Waals surface area contributed by atoms with Gasteiger partial charge in [-0.2, -0.15) is 13.2 Å². The number of fused-ring (bicyclic) bond motifs is 2. The zero-order valence-electron chi connectivity index (χ0n) is 15.0. The molecule has 3 rings (SSSR count). The summed E-state index contributed by atoms with van der Waals surface area (Å²) in [6.45, 7) is 5.55. The van der Waals surface area contributed by atoms with E-state index in [2.05, 4.69) is 10.3 Å². The lowest BCUT2D eigenvalue weighted by Gasteiger charge is -2.26. The van der Waals surface area contributed by atoms with Crippen molar-refractivity contribution in [3.05, 3.63) is 21.7 Å². The van der Waals surface area contributed by atoms with Gasteiger partial charge in [0.1, 0.15) is 9.71 Å². The van der Waals surface area contributed by atoms with Crippen LogP contribution in [-0.4, -0.2) is 16.9 Å². The maximum absolute atomic E-state index is 14.0. The summed E-state index contributed by atoms with van der Waals surface area (Å²) in [5.41, 5.74) is 5.95. The van der Waals surface area contributed by atoms with Crippen molar-refractivity contribution in [3.63, 3.8) is 0 Å². The summed E-state index contributed by atoms with van der Waals surface area (Å²) in [7, 11) is 0. The summed E-state index contributed by atoms with van der Waals surface area (Å²) >= 11 is 0.935. The Morgan fingerprint density at radius 2 is 2.12 bits per heavy atom. The molecule has 1 aliphatic rings. The van der Waals surface area contributed by atoms with E-state index < -0.39 is 17.6 Å². The molecule has 3 N–H and O–H groups in total. The van der Waals surface area contributed by atoms with Gasteiger partial charge in [-0.1, -0.05) is 13.3 Å². The van der Waals surface area contributed by atoms with Crippen molar-refractivity contribution in [3.8, 4) is 0 Å². The number of hydrogen-bond acceptors (Lipinski definition) is 4. The van der Waals surface area contributed by atoms with Crippen molar-refractivity contribution < 1.29 is 18.0 Å². The van der Waals surface area contributed by atoms with Crippen LogP contribution in [0.25, 0.3) is 10.2 Å². The van der Waals surface area contributed by atoms with Crippen LogP contribution < -0.4 is 11.1 Å². The number of nitrogen functional groups attached to an aromatic ring is 1. The zero-order valence-corrected chi connectivity index (χ0v) is 15.8. The highest BCUT2D eigenvalue weighted by Crippen LogP contribution is 2.46. The minimum atomic E-state index is -4.54. The highest BCUT2D eigenvalue weighted by Gasteiger charge is 2.40. The number of nitrogens with one attached hydrogen (secondary N) is 1. The third-order valence-corrected chi connectivity index (χ3v) is 5.93. The normalized spacial score (nSPS) is 17.6. The molecular weight excluding hydrogens is 363 g/mol. The molecule has 1 amide bonds. The largest absolute Gasteiger partial charge is 0.417 e. The zero-order chi connectivity index (χ0) is 19.2. The number of carbonyl (C=O) groups is 1. The number of halogens is 3. The average Bonchev–Trinajstić information content (AvgIpc) is 2.87. The molecule has 0 bridgehead atoms. The van der Waals surface area contributed by atoms with Gasteiger partial charge in [-0.25, -0.2) is 4.98 Å². The van der Waals surface area contributed by atoms with E-state index in [1.54, 1.807) is 13.8 Å².